The third kappa shape index (κ3) is 3.67. The van der Waals surface area contributed by atoms with Gasteiger partial charge in [-0.15, -0.1) is 10.2 Å². The zero-order valence-corrected chi connectivity index (χ0v) is 20.2. The van der Waals surface area contributed by atoms with Crippen LogP contribution in [0.4, 0.5) is 13.2 Å². The molecule has 0 radical (unpaired) electrons. The van der Waals surface area contributed by atoms with E-state index in [0.717, 1.165) is 37.2 Å². The van der Waals surface area contributed by atoms with Crippen molar-refractivity contribution in [2.75, 3.05) is 26.3 Å². The smallest absolute Gasteiger partial charge is 0.377 e. The molecule has 7 nitrogen and oxygen atoms in total. The molecule has 35 heavy (non-hydrogen) atoms. The molecule has 1 amide bonds. The van der Waals surface area contributed by atoms with Gasteiger partial charge in [0.1, 0.15) is 5.82 Å². The average molecular weight is 510 g/mol. The molecule has 2 aromatic rings. The fourth-order valence-electron chi connectivity index (χ4n) is 5.54. The lowest BCUT2D eigenvalue weighted by atomic mass is 9.93. The number of benzene rings is 1. The first kappa shape index (κ1) is 23.2. The number of piperidine rings is 1. The molecule has 0 bridgehead atoms. The van der Waals surface area contributed by atoms with Crippen LogP contribution < -0.4 is 0 Å². The number of carbonyl (C=O) groups excluding carboxylic acids is 1. The van der Waals surface area contributed by atoms with Crippen LogP contribution in [-0.4, -0.2) is 68.5 Å². The third-order valence-corrected chi connectivity index (χ3v) is 8.44. The number of hydrogen-bond acceptors (Lipinski definition) is 5. The maximum atomic E-state index is 14.2. The van der Waals surface area contributed by atoms with E-state index in [1.165, 1.54) is 4.90 Å². The molecule has 11 heteroatoms. The number of amides is 1. The highest BCUT2D eigenvalue weighted by Gasteiger charge is 2.64. The summed E-state index contributed by atoms with van der Waals surface area (Å²) in [5.74, 6) is 1.50. The highest BCUT2D eigenvalue weighted by Crippen LogP contribution is 2.48. The van der Waals surface area contributed by atoms with Crippen molar-refractivity contribution in [2.45, 2.75) is 63.3 Å². The quantitative estimate of drug-likeness (QED) is 0.624. The van der Waals surface area contributed by atoms with E-state index in [-0.39, 0.29) is 30.3 Å². The van der Waals surface area contributed by atoms with Crippen LogP contribution in [0.1, 0.15) is 55.7 Å². The summed E-state index contributed by atoms with van der Waals surface area (Å²) in [4.78, 5) is 16.1. The molecule has 188 valence electrons. The SMILES string of the molecule is CC1(C(=O)N2CCC(c3nnc4n3-c3ccc(Cl)cc3CN(C3(C(F)(F)F)COC3)C4)CC2)CC1. The molecular formula is C24H27ClF3N5O2. The topological polar surface area (TPSA) is 63.5 Å². The van der Waals surface area contributed by atoms with Gasteiger partial charge in [-0.05, 0) is 49.4 Å². The highest BCUT2D eigenvalue weighted by atomic mass is 35.5. The molecule has 0 atom stereocenters. The molecular weight excluding hydrogens is 483 g/mol. The van der Waals surface area contributed by atoms with E-state index in [4.69, 9.17) is 16.3 Å². The Morgan fingerprint density at radius 3 is 2.46 bits per heavy atom. The number of alkyl halides is 3. The number of nitrogens with zero attached hydrogens (tertiary/aromatic N) is 5. The van der Waals surface area contributed by atoms with Gasteiger partial charge < -0.3 is 9.64 Å². The molecule has 1 saturated carbocycles. The summed E-state index contributed by atoms with van der Waals surface area (Å²) >= 11 is 6.26. The van der Waals surface area contributed by atoms with Crippen molar-refractivity contribution in [2.24, 2.45) is 5.41 Å². The van der Waals surface area contributed by atoms with Crippen molar-refractivity contribution in [3.05, 3.63) is 40.4 Å². The van der Waals surface area contributed by atoms with E-state index in [1.807, 2.05) is 22.5 Å². The Bertz CT molecular complexity index is 1170. The zero-order valence-electron chi connectivity index (χ0n) is 19.4. The minimum absolute atomic E-state index is 0.00213. The zero-order chi connectivity index (χ0) is 24.6. The van der Waals surface area contributed by atoms with Crippen molar-refractivity contribution >= 4 is 17.5 Å². The number of aromatic nitrogens is 3. The fraction of sp³-hybridized carbons (Fsp3) is 0.625. The second-order valence-electron chi connectivity index (χ2n) is 10.6. The highest BCUT2D eigenvalue weighted by molar-refractivity contribution is 6.30. The largest absolute Gasteiger partial charge is 0.411 e. The third-order valence-electron chi connectivity index (χ3n) is 8.21. The summed E-state index contributed by atoms with van der Waals surface area (Å²) < 4.78 is 49.5. The summed E-state index contributed by atoms with van der Waals surface area (Å²) in [7, 11) is 0. The number of carbonyl (C=O) groups is 1. The normalized spacial score (nSPS) is 23.7. The minimum atomic E-state index is -4.44. The van der Waals surface area contributed by atoms with Crippen LogP contribution in [0.5, 0.6) is 0 Å². The maximum absolute atomic E-state index is 14.2. The summed E-state index contributed by atoms with van der Waals surface area (Å²) in [5, 5.41) is 9.31. The predicted molar refractivity (Wildman–Crippen MR) is 121 cm³/mol. The van der Waals surface area contributed by atoms with Crippen molar-refractivity contribution in [3.63, 3.8) is 0 Å². The van der Waals surface area contributed by atoms with E-state index in [1.54, 1.807) is 12.1 Å². The van der Waals surface area contributed by atoms with Crippen molar-refractivity contribution in [1.29, 1.82) is 0 Å². The minimum Gasteiger partial charge on any atom is -0.377 e. The average Bonchev–Trinajstić information content (AvgIpc) is 3.43. The van der Waals surface area contributed by atoms with Crippen molar-refractivity contribution < 1.29 is 22.7 Å². The van der Waals surface area contributed by atoms with Gasteiger partial charge in [0, 0.05) is 36.0 Å². The Balaban J connectivity index is 1.33. The maximum Gasteiger partial charge on any atom is 0.411 e. The predicted octanol–water partition coefficient (Wildman–Crippen LogP) is 4.07. The van der Waals surface area contributed by atoms with Crippen molar-refractivity contribution in [3.8, 4) is 5.69 Å². The van der Waals surface area contributed by atoms with E-state index >= 15 is 0 Å². The van der Waals surface area contributed by atoms with Gasteiger partial charge in [0.25, 0.3) is 0 Å². The van der Waals surface area contributed by atoms with Gasteiger partial charge in [-0.3, -0.25) is 14.3 Å². The Kier molecular flexibility index (Phi) is 5.26. The van der Waals surface area contributed by atoms with Crippen LogP contribution in [0.15, 0.2) is 18.2 Å². The second kappa shape index (κ2) is 7.91. The van der Waals surface area contributed by atoms with E-state index in [2.05, 4.69) is 10.2 Å². The van der Waals surface area contributed by atoms with Gasteiger partial charge in [-0.1, -0.05) is 18.5 Å². The van der Waals surface area contributed by atoms with Crippen molar-refractivity contribution in [1.82, 2.24) is 24.6 Å². The van der Waals surface area contributed by atoms with Gasteiger partial charge in [-0.25, -0.2) is 0 Å². The molecule has 1 aliphatic carbocycles. The number of fused-ring (bicyclic) bond motifs is 3. The summed E-state index contributed by atoms with van der Waals surface area (Å²) in [5.41, 5.74) is -0.797. The first-order valence-corrected chi connectivity index (χ1v) is 12.4. The lowest BCUT2D eigenvalue weighted by Crippen LogP contribution is -2.69. The molecule has 3 fully saturated rings. The Morgan fingerprint density at radius 1 is 1.14 bits per heavy atom. The van der Waals surface area contributed by atoms with Crippen LogP contribution in [-0.2, 0) is 22.6 Å². The van der Waals surface area contributed by atoms with Crippen LogP contribution in [0.25, 0.3) is 5.69 Å². The lowest BCUT2D eigenvalue weighted by molar-refractivity contribution is -0.310. The molecule has 6 rings (SSSR count). The van der Waals surface area contributed by atoms with Gasteiger partial charge in [0.05, 0.1) is 25.4 Å². The number of rotatable bonds is 3. The Morgan fingerprint density at radius 2 is 1.86 bits per heavy atom. The molecule has 2 saturated heterocycles. The molecule has 1 aromatic carbocycles. The first-order valence-electron chi connectivity index (χ1n) is 12.0. The van der Waals surface area contributed by atoms with Crippen LogP contribution in [0.2, 0.25) is 5.02 Å². The first-order chi connectivity index (χ1) is 16.6. The monoisotopic (exact) mass is 509 g/mol. The van der Waals surface area contributed by atoms with Crippen LogP contribution in [0.3, 0.4) is 0 Å². The van der Waals surface area contributed by atoms with E-state index in [0.29, 0.717) is 29.5 Å². The number of ether oxygens (including phenoxy) is 1. The second-order valence-corrected chi connectivity index (χ2v) is 11.0. The Labute approximate surface area is 206 Å². The summed E-state index contributed by atoms with van der Waals surface area (Å²) in [6.45, 7) is 2.59. The Hall–Kier alpha value is -2.17. The number of halogens is 4. The van der Waals surface area contributed by atoms with Gasteiger partial charge in [0.15, 0.2) is 11.4 Å². The van der Waals surface area contributed by atoms with E-state index < -0.39 is 24.9 Å². The van der Waals surface area contributed by atoms with Gasteiger partial charge >= 0.3 is 6.18 Å². The van der Waals surface area contributed by atoms with Crippen LogP contribution >= 0.6 is 11.6 Å². The molecule has 3 aliphatic heterocycles. The molecule has 4 aliphatic rings. The summed E-state index contributed by atoms with van der Waals surface area (Å²) in [6.07, 6.45) is -1.06. The lowest BCUT2D eigenvalue weighted by Gasteiger charge is -2.49. The standard InChI is InChI=1S/C24H27ClF3N5O2/c1-22(6-7-22)21(34)31-8-4-15(5-9-31)20-30-29-19-12-32(23(13-35-14-23)24(26,27)28)11-16-10-17(25)2-3-18(16)33(19)20/h2-3,10,15H,4-9,11-14H2,1H3. The summed E-state index contributed by atoms with van der Waals surface area (Å²) in [6, 6.07) is 5.30. The van der Waals surface area contributed by atoms with Gasteiger partial charge in [-0.2, -0.15) is 13.2 Å². The molecule has 4 heterocycles. The fourth-order valence-corrected chi connectivity index (χ4v) is 5.73. The molecule has 0 N–H and O–H groups in total. The van der Waals surface area contributed by atoms with Gasteiger partial charge in [0.2, 0.25) is 5.91 Å². The van der Waals surface area contributed by atoms with Crippen LogP contribution in [0, 0.1) is 5.41 Å². The molecule has 0 spiro atoms. The number of hydrogen-bond donors (Lipinski definition) is 0. The molecule has 1 aromatic heterocycles. The number of likely N-dealkylation sites (tertiary alicyclic amines) is 1. The molecule has 0 unspecified atom stereocenters. The van der Waals surface area contributed by atoms with E-state index in [9.17, 15) is 18.0 Å².